The third-order valence-electron chi connectivity index (χ3n) is 2.45. The van der Waals surface area contributed by atoms with Crippen LogP contribution in [0.2, 0.25) is 0 Å². The molecule has 0 aliphatic rings. The summed E-state index contributed by atoms with van der Waals surface area (Å²) in [6.45, 7) is 1.85. The SMILES string of the molecule is Cc1ccc(Br)c(NS(=O)(=O)c2cc(C(=O)O)cs2)c1. The van der Waals surface area contributed by atoms with Crippen LogP contribution in [0.4, 0.5) is 5.69 Å². The van der Waals surface area contributed by atoms with Crippen LogP contribution >= 0.6 is 27.3 Å². The molecule has 2 N–H and O–H groups in total. The first kappa shape index (κ1) is 15.0. The number of rotatable bonds is 4. The number of benzene rings is 1. The Bertz CT molecular complexity index is 768. The van der Waals surface area contributed by atoms with Gasteiger partial charge in [-0.2, -0.15) is 0 Å². The summed E-state index contributed by atoms with van der Waals surface area (Å²) in [5, 5.41) is 10.1. The number of carbonyl (C=O) groups is 1. The topological polar surface area (TPSA) is 83.5 Å². The van der Waals surface area contributed by atoms with Crippen molar-refractivity contribution < 1.29 is 18.3 Å². The maximum absolute atomic E-state index is 12.2. The molecule has 2 aromatic rings. The first-order valence-corrected chi connectivity index (χ1v) is 8.56. The number of nitrogens with one attached hydrogen (secondary N) is 1. The maximum Gasteiger partial charge on any atom is 0.336 e. The van der Waals surface area contributed by atoms with Crippen molar-refractivity contribution in [2.45, 2.75) is 11.1 Å². The van der Waals surface area contributed by atoms with Crippen molar-refractivity contribution in [2.75, 3.05) is 4.72 Å². The van der Waals surface area contributed by atoms with Crippen molar-refractivity contribution in [3.05, 3.63) is 45.2 Å². The van der Waals surface area contributed by atoms with Gasteiger partial charge < -0.3 is 5.11 Å². The van der Waals surface area contributed by atoms with Gasteiger partial charge in [-0.1, -0.05) is 6.07 Å². The van der Waals surface area contributed by atoms with Gasteiger partial charge in [0.25, 0.3) is 10.0 Å². The number of thiophene rings is 1. The Balaban J connectivity index is 2.35. The van der Waals surface area contributed by atoms with Crippen LogP contribution in [-0.2, 0) is 10.0 Å². The summed E-state index contributed by atoms with van der Waals surface area (Å²) in [5.74, 6) is -1.15. The minimum Gasteiger partial charge on any atom is -0.478 e. The molecule has 0 radical (unpaired) electrons. The lowest BCUT2D eigenvalue weighted by Gasteiger charge is -2.09. The number of aromatic carboxylic acids is 1. The molecule has 5 nitrogen and oxygen atoms in total. The molecule has 1 heterocycles. The van der Waals surface area contributed by atoms with Crippen molar-refractivity contribution in [1.82, 2.24) is 0 Å². The van der Waals surface area contributed by atoms with Crippen molar-refractivity contribution in [2.24, 2.45) is 0 Å². The van der Waals surface area contributed by atoms with E-state index in [1.807, 2.05) is 13.0 Å². The van der Waals surface area contributed by atoms with Gasteiger partial charge in [-0.05, 0) is 46.6 Å². The number of aryl methyl sites for hydroxylation is 1. The van der Waals surface area contributed by atoms with Crippen LogP contribution in [-0.4, -0.2) is 19.5 Å². The molecule has 0 atom stereocenters. The van der Waals surface area contributed by atoms with Crippen LogP contribution in [0, 0.1) is 6.92 Å². The normalized spacial score (nSPS) is 11.3. The maximum atomic E-state index is 12.2. The minimum absolute atomic E-state index is 0.0386. The molecule has 8 heteroatoms. The highest BCUT2D eigenvalue weighted by molar-refractivity contribution is 9.10. The largest absolute Gasteiger partial charge is 0.478 e. The van der Waals surface area contributed by atoms with Crippen LogP contribution in [0.3, 0.4) is 0 Å². The predicted molar refractivity (Wildman–Crippen MR) is 81.0 cm³/mol. The lowest BCUT2D eigenvalue weighted by Crippen LogP contribution is -2.12. The highest BCUT2D eigenvalue weighted by Gasteiger charge is 2.20. The van der Waals surface area contributed by atoms with Gasteiger partial charge in [0.15, 0.2) is 0 Å². The third-order valence-corrected chi connectivity index (χ3v) is 5.95. The van der Waals surface area contributed by atoms with Crippen molar-refractivity contribution >= 4 is 48.9 Å². The van der Waals surface area contributed by atoms with Crippen molar-refractivity contribution in [1.29, 1.82) is 0 Å². The quantitative estimate of drug-likeness (QED) is 0.858. The van der Waals surface area contributed by atoms with Crippen LogP contribution in [0.25, 0.3) is 0 Å². The lowest BCUT2D eigenvalue weighted by molar-refractivity contribution is 0.0697. The number of hydrogen-bond acceptors (Lipinski definition) is 4. The van der Waals surface area contributed by atoms with Gasteiger partial charge in [0.05, 0.1) is 11.3 Å². The van der Waals surface area contributed by atoms with E-state index in [0.717, 1.165) is 23.0 Å². The van der Waals surface area contributed by atoms with Gasteiger partial charge in [0.1, 0.15) is 4.21 Å². The Morgan fingerprint density at radius 2 is 2.05 bits per heavy atom. The number of hydrogen-bond donors (Lipinski definition) is 2. The Kier molecular flexibility index (Phi) is 4.17. The predicted octanol–water partition coefficient (Wildman–Crippen LogP) is 3.32. The Hall–Kier alpha value is -1.38. The monoisotopic (exact) mass is 375 g/mol. The van der Waals surface area contributed by atoms with E-state index >= 15 is 0 Å². The number of carboxylic acids is 1. The second-order valence-electron chi connectivity index (χ2n) is 4.05. The standard InChI is InChI=1S/C12H10BrNO4S2/c1-7-2-3-9(13)10(4-7)14-20(17,18)11-5-8(6-19-11)12(15)16/h2-6,14H,1H3,(H,15,16). The molecular formula is C12H10BrNO4S2. The second kappa shape index (κ2) is 5.55. The minimum atomic E-state index is -3.79. The number of halogens is 1. The molecule has 0 unspecified atom stereocenters. The molecule has 2 rings (SSSR count). The van der Waals surface area contributed by atoms with Crippen molar-refractivity contribution in [3.8, 4) is 0 Å². The van der Waals surface area contributed by atoms with Crippen molar-refractivity contribution in [3.63, 3.8) is 0 Å². The number of carboxylic acid groups (broad SMARTS) is 1. The van der Waals surface area contributed by atoms with Gasteiger partial charge in [0.2, 0.25) is 0 Å². The highest BCUT2D eigenvalue weighted by atomic mass is 79.9. The molecule has 0 fully saturated rings. The average Bonchev–Trinajstić information content (AvgIpc) is 2.84. The Labute approximate surface area is 128 Å². The first-order chi connectivity index (χ1) is 9.29. The van der Waals surface area contributed by atoms with E-state index in [1.165, 1.54) is 5.38 Å². The van der Waals surface area contributed by atoms with Gasteiger partial charge in [-0.3, -0.25) is 4.72 Å². The number of sulfonamides is 1. The summed E-state index contributed by atoms with van der Waals surface area (Å²) in [6.07, 6.45) is 0. The fourth-order valence-corrected chi connectivity index (χ4v) is 4.18. The van der Waals surface area contributed by atoms with E-state index in [0.29, 0.717) is 10.2 Å². The molecule has 0 amide bonds. The molecule has 1 aromatic heterocycles. The third kappa shape index (κ3) is 3.20. The molecule has 0 aliphatic heterocycles. The molecule has 0 saturated heterocycles. The summed E-state index contributed by atoms with van der Waals surface area (Å²) in [4.78, 5) is 10.8. The highest BCUT2D eigenvalue weighted by Crippen LogP contribution is 2.28. The zero-order valence-electron chi connectivity index (χ0n) is 10.3. The molecule has 106 valence electrons. The Morgan fingerprint density at radius 3 is 2.65 bits per heavy atom. The van der Waals surface area contributed by atoms with Crippen LogP contribution in [0.15, 0.2) is 38.3 Å². The fourth-order valence-electron chi connectivity index (χ4n) is 1.48. The molecule has 0 saturated carbocycles. The van der Waals surface area contributed by atoms with Gasteiger partial charge in [-0.25, -0.2) is 13.2 Å². The van der Waals surface area contributed by atoms with Gasteiger partial charge >= 0.3 is 5.97 Å². The summed E-state index contributed by atoms with van der Waals surface area (Å²) in [7, 11) is -3.79. The zero-order valence-corrected chi connectivity index (χ0v) is 13.5. The van der Waals surface area contributed by atoms with E-state index < -0.39 is 16.0 Å². The summed E-state index contributed by atoms with van der Waals surface area (Å²) in [6, 6.07) is 6.41. The smallest absolute Gasteiger partial charge is 0.336 e. The Morgan fingerprint density at radius 1 is 1.35 bits per heavy atom. The first-order valence-electron chi connectivity index (χ1n) is 5.40. The molecule has 20 heavy (non-hydrogen) atoms. The van der Waals surface area contributed by atoms with E-state index in [-0.39, 0.29) is 9.77 Å². The van der Waals surface area contributed by atoms with Crippen LogP contribution in [0.1, 0.15) is 15.9 Å². The van der Waals surface area contributed by atoms with E-state index in [4.69, 9.17) is 5.11 Å². The van der Waals surface area contributed by atoms with E-state index in [2.05, 4.69) is 20.7 Å². The van der Waals surface area contributed by atoms with Gasteiger partial charge in [0, 0.05) is 9.85 Å². The molecule has 0 bridgehead atoms. The second-order valence-corrected chi connectivity index (χ2v) is 7.72. The lowest BCUT2D eigenvalue weighted by atomic mass is 10.2. The summed E-state index contributed by atoms with van der Waals surface area (Å²) < 4.78 is 27.4. The van der Waals surface area contributed by atoms with Crippen LogP contribution in [0.5, 0.6) is 0 Å². The van der Waals surface area contributed by atoms with Gasteiger partial charge in [-0.15, -0.1) is 11.3 Å². The summed E-state index contributed by atoms with van der Waals surface area (Å²) in [5.41, 5.74) is 1.28. The molecule has 0 spiro atoms. The summed E-state index contributed by atoms with van der Waals surface area (Å²) >= 11 is 4.13. The average molecular weight is 376 g/mol. The molecule has 0 aliphatic carbocycles. The zero-order chi connectivity index (χ0) is 14.9. The molecular weight excluding hydrogens is 366 g/mol. The fraction of sp³-hybridized carbons (Fsp3) is 0.0833. The van der Waals surface area contributed by atoms with Crippen LogP contribution < -0.4 is 4.72 Å². The number of anilines is 1. The molecule has 1 aromatic carbocycles. The van der Waals surface area contributed by atoms with E-state index in [9.17, 15) is 13.2 Å². The van der Waals surface area contributed by atoms with E-state index in [1.54, 1.807) is 12.1 Å².